The second kappa shape index (κ2) is 8.12. The van der Waals surface area contributed by atoms with Crippen molar-refractivity contribution in [2.75, 3.05) is 13.1 Å². The van der Waals surface area contributed by atoms with Crippen molar-refractivity contribution in [3.05, 3.63) is 36.2 Å². The second-order valence-electron chi connectivity index (χ2n) is 7.90. The predicted octanol–water partition coefficient (Wildman–Crippen LogP) is 2.48. The molecule has 1 aliphatic carbocycles. The molecule has 0 radical (unpaired) electrons. The monoisotopic (exact) mass is 381 g/mol. The van der Waals surface area contributed by atoms with Crippen molar-refractivity contribution in [3.63, 3.8) is 0 Å². The van der Waals surface area contributed by atoms with Crippen molar-refractivity contribution in [2.24, 2.45) is 5.92 Å². The highest BCUT2D eigenvalue weighted by Crippen LogP contribution is 2.31. The molecule has 2 N–H and O–H groups in total. The van der Waals surface area contributed by atoms with E-state index >= 15 is 0 Å². The predicted molar refractivity (Wildman–Crippen MR) is 105 cm³/mol. The van der Waals surface area contributed by atoms with E-state index in [1.807, 2.05) is 35.2 Å². The van der Waals surface area contributed by atoms with Crippen LogP contribution in [0.3, 0.4) is 0 Å². The number of aromatic amines is 1. The van der Waals surface area contributed by atoms with Crippen LogP contribution in [0.4, 0.5) is 0 Å². The maximum Gasteiger partial charge on any atom is 0.225 e. The molecule has 1 aromatic heterocycles. The second-order valence-corrected chi connectivity index (χ2v) is 7.90. The fourth-order valence-electron chi connectivity index (χ4n) is 4.43. The highest BCUT2D eigenvalue weighted by Gasteiger charge is 2.40. The number of nitrogens with zero attached hydrogens (tertiary/aromatic N) is 3. The van der Waals surface area contributed by atoms with Crippen LogP contribution < -0.4 is 5.32 Å². The van der Waals surface area contributed by atoms with Gasteiger partial charge in [-0.05, 0) is 12.8 Å². The molecular formula is C21H27N5O2. The Labute approximate surface area is 164 Å². The lowest BCUT2D eigenvalue weighted by Gasteiger charge is -2.26. The van der Waals surface area contributed by atoms with Crippen LogP contribution in [0.15, 0.2) is 30.3 Å². The van der Waals surface area contributed by atoms with E-state index in [2.05, 4.69) is 20.5 Å². The molecule has 7 nitrogen and oxygen atoms in total. The van der Waals surface area contributed by atoms with Gasteiger partial charge in [-0.1, -0.05) is 49.6 Å². The fourth-order valence-corrected chi connectivity index (χ4v) is 4.43. The summed E-state index contributed by atoms with van der Waals surface area (Å²) in [6.45, 7) is 2.60. The zero-order valence-corrected chi connectivity index (χ0v) is 16.2. The Bertz CT molecular complexity index is 828. The highest BCUT2D eigenvalue weighted by molar-refractivity contribution is 5.80. The molecule has 1 aromatic carbocycles. The minimum absolute atomic E-state index is 0.0820. The van der Waals surface area contributed by atoms with E-state index in [1.165, 1.54) is 13.3 Å². The first kappa shape index (κ1) is 18.7. The number of nitrogens with one attached hydrogen (secondary N) is 2. The van der Waals surface area contributed by atoms with Crippen LogP contribution >= 0.6 is 0 Å². The summed E-state index contributed by atoms with van der Waals surface area (Å²) in [6.07, 6.45) is 5.44. The number of amides is 2. The van der Waals surface area contributed by atoms with Crippen molar-refractivity contribution in [1.29, 1.82) is 0 Å². The van der Waals surface area contributed by atoms with Gasteiger partial charge in [0, 0.05) is 31.5 Å². The van der Waals surface area contributed by atoms with E-state index in [1.54, 1.807) is 0 Å². The minimum Gasteiger partial charge on any atom is -0.351 e. The molecule has 0 spiro atoms. The lowest BCUT2D eigenvalue weighted by atomic mass is 9.88. The smallest absolute Gasteiger partial charge is 0.225 e. The number of rotatable bonds is 4. The van der Waals surface area contributed by atoms with E-state index in [-0.39, 0.29) is 29.7 Å². The number of carbonyl (C=O) groups is 2. The molecule has 0 bridgehead atoms. The molecule has 28 heavy (non-hydrogen) atoms. The lowest BCUT2D eigenvalue weighted by molar-refractivity contribution is -0.135. The van der Waals surface area contributed by atoms with Crippen molar-refractivity contribution < 1.29 is 9.59 Å². The summed E-state index contributed by atoms with van der Waals surface area (Å²) in [5, 5.41) is 10.4. The van der Waals surface area contributed by atoms with Crippen LogP contribution in [-0.2, 0) is 9.59 Å². The third-order valence-corrected chi connectivity index (χ3v) is 5.86. The van der Waals surface area contributed by atoms with Crippen LogP contribution in [0, 0.1) is 5.92 Å². The molecule has 2 aliphatic rings. The molecule has 4 rings (SSSR count). The summed E-state index contributed by atoms with van der Waals surface area (Å²) in [7, 11) is 0. The number of likely N-dealkylation sites (tertiary alicyclic amines) is 1. The summed E-state index contributed by atoms with van der Waals surface area (Å²) < 4.78 is 0. The first-order chi connectivity index (χ1) is 13.6. The Balaban J connectivity index is 1.53. The number of hydrogen-bond donors (Lipinski definition) is 2. The maximum absolute atomic E-state index is 13.0. The molecule has 148 valence electrons. The summed E-state index contributed by atoms with van der Waals surface area (Å²) in [6, 6.07) is 9.63. The van der Waals surface area contributed by atoms with Gasteiger partial charge < -0.3 is 10.2 Å². The van der Waals surface area contributed by atoms with Gasteiger partial charge in [0.05, 0.1) is 12.0 Å². The molecule has 7 heteroatoms. The summed E-state index contributed by atoms with van der Waals surface area (Å²) in [4.78, 5) is 31.3. The van der Waals surface area contributed by atoms with E-state index in [0.717, 1.165) is 37.1 Å². The van der Waals surface area contributed by atoms with Crippen LogP contribution in [0.2, 0.25) is 0 Å². The molecule has 2 atom stereocenters. The van der Waals surface area contributed by atoms with Crippen molar-refractivity contribution in [1.82, 2.24) is 25.4 Å². The Morgan fingerprint density at radius 1 is 1.11 bits per heavy atom. The molecular weight excluding hydrogens is 354 g/mol. The molecule has 2 heterocycles. The number of benzene rings is 1. The third-order valence-electron chi connectivity index (χ3n) is 5.86. The summed E-state index contributed by atoms with van der Waals surface area (Å²) in [5.41, 5.74) is 0.939. The van der Waals surface area contributed by atoms with Gasteiger partial charge in [0.15, 0.2) is 5.82 Å². The van der Waals surface area contributed by atoms with Gasteiger partial charge in [-0.25, -0.2) is 4.98 Å². The van der Waals surface area contributed by atoms with Crippen molar-refractivity contribution >= 4 is 11.8 Å². The molecule has 2 amide bonds. The van der Waals surface area contributed by atoms with Gasteiger partial charge in [0.1, 0.15) is 5.82 Å². The van der Waals surface area contributed by atoms with Crippen LogP contribution in [-0.4, -0.2) is 51.0 Å². The molecule has 2 aromatic rings. The zero-order valence-electron chi connectivity index (χ0n) is 16.2. The molecule has 0 unspecified atom stereocenters. The SMILES string of the molecule is CC(=O)N[C@@H]1CN(C(=O)C2CCCCC2)C[C@H]1c1nc(-c2ccccc2)n[nH]1. The summed E-state index contributed by atoms with van der Waals surface area (Å²) in [5.74, 6) is 1.53. The minimum atomic E-state index is -0.151. The van der Waals surface area contributed by atoms with Gasteiger partial charge in [-0.15, -0.1) is 0 Å². The summed E-state index contributed by atoms with van der Waals surface area (Å²) >= 11 is 0. The number of hydrogen-bond acceptors (Lipinski definition) is 4. The highest BCUT2D eigenvalue weighted by atomic mass is 16.2. The van der Waals surface area contributed by atoms with Gasteiger partial charge in [-0.3, -0.25) is 14.7 Å². The number of carbonyl (C=O) groups excluding carboxylic acids is 2. The molecule has 1 aliphatic heterocycles. The van der Waals surface area contributed by atoms with Gasteiger partial charge >= 0.3 is 0 Å². The maximum atomic E-state index is 13.0. The third kappa shape index (κ3) is 3.93. The molecule has 1 saturated carbocycles. The van der Waals surface area contributed by atoms with Crippen LogP contribution in [0.5, 0.6) is 0 Å². The van der Waals surface area contributed by atoms with Gasteiger partial charge in [0.25, 0.3) is 0 Å². The number of aromatic nitrogens is 3. The van der Waals surface area contributed by atoms with Crippen LogP contribution in [0.1, 0.15) is 50.8 Å². The van der Waals surface area contributed by atoms with Crippen molar-refractivity contribution in [2.45, 2.75) is 51.0 Å². The first-order valence-corrected chi connectivity index (χ1v) is 10.2. The van der Waals surface area contributed by atoms with Gasteiger partial charge in [0.2, 0.25) is 11.8 Å². The van der Waals surface area contributed by atoms with Crippen LogP contribution in [0.25, 0.3) is 11.4 Å². The van der Waals surface area contributed by atoms with E-state index < -0.39 is 0 Å². The fraction of sp³-hybridized carbons (Fsp3) is 0.524. The zero-order chi connectivity index (χ0) is 19.5. The Morgan fingerprint density at radius 2 is 1.86 bits per heavy atom. The average molecular weight is 381 g/mol. The number of H-pyrrole nitrogens is 1. The normalized spacial score (nSPS) is 23.0. The first-order valence-electron chi connectivity index (χ1n) is 10.2. The van der Waals surface area contributed by atoms with Gasteiger partial charge in [-0.2, -0.15) is 5.10 Å². The lowest BCUT2D eigenvalue weighted by Crippen LogP contribution is -2.40. The Kier molecular flexibility index (Phi) is 5.41. The Morgan fingerprint density at radius 3 is 2.57 bits per heavy atom. The molecule has 2 fully saturated rings. The largest absolute Gasteiger partial charge is 0.351 e. The quantitative estimate of drug-likeness (QED) is 0.851. The van der Waals surface area contributed by atoms with Crippen molar-refractivity contribution in [3.8, 4) is 11.4 Å². The molecule has 1 saturated heterocycles. The van der Waals surface area contributed by atoms with E-state index in [9.17, 15) is 9.59 Å². The Hall–Kier alpha value is -2.70. The van der Waals surface area contributed by atoms with E-state index in [0.29, 0.717) is 18.9 Å². The topological polar surface area (TPSA) is 91.0 Å². The standard InChI is InChI=1S/C21H27N5O2/c1-14(27)22-18-13-26(21(28)16-10-6-3-7-11-16)12-17(18)20-23-19(24-25-20)15-8-4-2-5-9-15/h2,4-5,8-9,16-18H,3,6-7,10-13H2,1H3,(H,22,27)(H,23,24,25)/t17-,18-/m1/s1. The average Bonchev–Trinajstić information content (AvgIpc) is 3.35. The van der Waals surface area contributed by atoms with E-state index in [4.69, 9.17) is 0 Å².